The fourth-order valence-electron chi connectivity index (χ4n) is 2.32. The highest BCUT2D eigenvalue weighted by Crippen LogP contribution is 2.37. The average molecular weight is 304 g/mol. The van der Waals surface area contributed by atoms with Gasteiger partial charge < -0.3 is 31.1 Å². The molecule has 0 radical (unpaired) electrons. The van der Waals surface area contributed by atoms with Crippen LogP contribution >= 0.6 is 11.6 Å². The van der Waals surface area contributed by atoms with Crippen LogP contribution in [0.25, 0.3) is 0 Å². The molecule has 0 spiro atoms. The van der Waals surface area contributed by atoms with Crippen molar-refractivity contribution in [3.8, 4) is 0 Å². The molecule has 2 aliphatic rings. The van der Waals surface area contributed by atoms with Crippen LogP contribution in [0.5, 0.6) is 0 Å². The van der Waals surface area contributed by atoms with Crippen LogP contribution < -0.4 is 11.1 Å². The zero-order chi connectivity index (χ0) is 14.4. The van der Waals surface area contributed by atoms with E-state index in [2.05, 4.69) is 15.3 Å². The van der Waals surface area contributed by atoms with Gasteiger partial charge in [-0.3, -0.25) is 4.57 Å². The second-order valence-corrected chi connectivity index (χ2v) is 5.00. The van der Waals surface area contributed by atoms with Crippen molar-refractivity contribution in [2.24, 2.45) is 10.7 Å². The van der Waals surface area contributed by atoms with Crippen molar-refractivity contribution in [3.05, 3.63) is 12.0 Å². The van der Waals surface area contributed by atoms with Crippen LogP contribution in [0.4, 0.5) is 5.82 Å². The molecule has 1 fully saturated rings. The second-order valence-electron chi connectivity index (χ2n) is 4.59. The molecular formula is C10H14ClN5O4. The van der Waals surface area contributed by atoms with Crippen LogP contribution in [0.3, 0.4) is 0 Å². The number of fused-ring (bicyclic) bond motifs is 1. The lowest BCUT2D eigenvalue weighted by Gasteiger charge is -2.22. The number of ether oxygens (including phenoxy) is 1. The molecule has 20 heavy (non-hydrogen) atoms. The van der Waals surface area contributed by atoms with Crippen molar-refractivity contribution in [2.75, 3.05) is 11.9 Å². The zero-order valence-electron chi connectivity index (χ0n) is 10.2. The van der Waals surface area contributed by atoms with E-state index in [0.717, 1.165) is 0 Å². The number of aliphatic hydroxyl groups is 3. The Morgan fingerprint density at radius 1 is 1.45 bits per heavy atom. The van der Waals surface area contributed by atoms with Gasteiger partial charge in [0.2, 0.25) is 0 Å². The smallest absolute Gasteiger partial charge is 0.196 e. The Bertz CT molecular complexity index is 550. The molecule has 3 heterocycles. The van der Waals surface area contributed by atoms with Gasteiger partial charge in [-0.1, -0.05) is 11.6 Å². The topological polar surface area (TPSA) is 138 Å². The number of nitrogens with two attached hydrogens (primary N) is 1. The Kier molecular flexibility index (Phi) is 3.30. The van der Waals surface area contributed by atoms with Crippen LogP contribution in [0.1, 0.15) is 17.4 Å². The van der Waals surface area contributed by atoms with Crippen LogP contribution in [0, 0.1) is 0 Å². The molecule has 1 aromatic heterocycles. The predicted molar refractivity (Wildman–Crippen MR) is 69.1 cm³/mol. The standard InChI is InChI=1S/C10H14ClN5O4/c11-7-4-8(15-10(12)14-7)16(2-13-4)9-6(19)5(18)3(1-17)20-9/h2-3,5-7,9,17-19H,1H2,(H3,12,14,15)/t3-,5-,6-,7-,9-/m0/s1. The highest BCUT2D eigenvalue weighted by Gasteiger charge is 2.44. The Balaban J connectivity index is 1.94. The van der Waals surface area contributed by atoms with Crippen LogP contribution in [0.15, 0.2) is 11.3 Å². The summed E-state index contributed by atoms with van der Waals surface area (Å²) in [6.07, 6.45) is -2.76. The van der Waals surface area contributed by atoms with Gasteiger partial charge in [-0.15, -0.1) is 0 Å². The molecule has 9 nitrogen and oxygen atoms in total. The summed E-state index contributed by atoms with van der Waals surface area (Å²) in [5.41, 5.74) is 5.31. The summed E-state index contributed by atoms with van der Waals surface area (Å²) in [5, 5.41) is 31.7. The fraction of sp³-hybridized carbons (Fsp3) is 0.600. The number of aliphatic hydroxyl groups excluding tert-OH is 3. The summed E-state index contributed by atoms with van der Waals surface area (Å²) in [7, 11) is 0. The Morgan fingerprint density at radius 3 is 2.85 bits per heavy atom. The normalized spacial score (nSPS) is 36.4. The summed E-state index contributed by atoms with van der Waals surface area (Å²) in [6, 6.07) is 0. The number of hydrogen-bond donors (Lipinski definition) is 5. The number of aliphatic imine (C=N–C) groups is 1. The lowest BCUT2D eigenvalue weighted by Crippen LogP contribution is -2.34. The van der Waals surface area contributed by atoms with Gasteiger partial charge in [0.1, 0.15) is 29.8 Å². The van der Waals surface area contributed by atoms with Crippen LogP contribution in [-0.4, -0.2) is 55.7 Å². The number of anilines is 1. The van der Waals surface area contributed by atoms with E-state index in [0.29, 0.717) is 11.5 Å². The number of halogens is 1. The van der Waals surface area contributed by atoms with Gasteiger partial charge in [0, 0.05) is 0 Å². The summed E-state index contributed by atoms with van der Waals surface area (Å²) in [5.74, 6) is 0.554. The molecule has 0 unspecified atom stereocenters. The maximum Gasteiger partial charge on any atom is 0.196 e. The number of aromatic nitrogens is 2. The molecule has 0 saturated carbocycles. The Morgan fingerprint density at radius 2 is 2.20 bits per heavy atom. The average Bonchev–Trinajstić information content (AvgIpc) is 2.93. The number of alkyl halides is 1. The molecule has 110 valence electrons. The molecule has 1 aromatic rings. The van der Waals surface area contributed by atoms with E-state index in [1.54, 1.807) is 0 Å². The fourth-order valence-corrected chi connectivity index (χ4v) is 2.58. The van der Waals surface area contributed by atoms with Gasteiger partial charge >= 0.3 is 0 Å². The van der Waals surface area contributed by atoms with Crippen molar-refractivity contribution in [1.82, 2.24) is 9.55 Å². The number of nitrogens with one attached hydrogen (secondary N) is 1. The third-order valence-electron chi connectivity index (χ3n) is 3.34. The van der Waals surface area contributed by atoms with Gasteiger partial charge in [0.25, 0.3) is 0 Å². The van der Waals surface area contributed by atoms with E-state index in [1.807, 2.05) is 0 Å². The zero-order valence-corrected chi connectivity index (χ0v) is 11.0. The first kappa shape index (κ1) is 13.6. The van der Waals surface area contributed by atoms with Crippen molar-refractivity contribution in [2.45, 2.75) is 30.0 Å². The van der Waals surface area contributed by atoms with Crippen molar-refractivity contribution in [1.29, 1.82) is 0 Å². The molecule has 5 atom stereocenters. The SMILES string of the molecule is NC1=N[C@H](Cl)c2ncn([C@H]3O[C@@H](CO)[C@H](O)[C@@H]3O)c2N1. The van der Waals surface area contributed by atoms with E-state index in [4.69, 9.17) is 27.2 Å². The predicted octanol–water partition coefficient (Wildman–Crippen LogP) is -1.53. The third kappa shape index (κ3) is 1.95. The van der Waals surface area contributed by atoms with Crippen LogP contribution in [-0.2, 0) is 4.74 Å². The van der Waals surface area contributed by atoms with E-state index in [-0.39, 0.29) is 5.96 Å². The number of rotatable bonds is 2. The highest BCUT2D eigenvalue weighted by molar-refractivity contribution is 6.22. The van der Waals surface area contributed by atoms with Crippen molar-refractivity contribution < 1.29 is 20.1 Å². The molecule has 3 rings (SSSR count). The first-order valence-electron chi connectivity index (χ1n) is 5.96. The number of imidazole rings is 1. The Hall–Kier alpha value is -1.39. The van der Waals surface area contributed by atoms with E-state index < -0.39 is 36.6 Å². The van der Waals surface area contributed by atoms with Crippen molar-refractivity contribution in [3.63, 3.8) is 0 Å². The summed E-state index contributed by atoms with van der Waals surface area (Å²) >= 11 is 6.01. The molecule has 1 saturated heterocycles. The van der Waals surface area contributed by atoms with Crippen molar-refractivity contribution >= 4 is 23.4 Å². The maximum absolute atomic E-state index is 10.0. The minimum absolute atomic E-state index is 0.117. The van der Waals surface area contributed by atoms with Gasteiger partial charge in [-0.05, 0) is 0 Å². The van der Waals surface area contributed by atoms with Gasteiger partial charge in [0.05, 0.1) is 12.9 Å². The molecule has 10 heteroatoms. The van der Waals surface area contributed by atoms with E-state index in [1.165, 1.54) is 10.9 Å². The lowest BCUT2D eigenvalue weighted by atomic mass is 10.1. The molecular weight excluding hydrogens is 290 g/mol. The number of guanidine groups is 1. The molecule has 6 N–H and O–H groups in total. The maximum atomic E-state index is 10.0. The Labute approximate surface area is 118 Å². The van der Waals surface area contributed by atoms with Gasteiger partial charge in [0.15, 0.2) is 17.7 Å². The summed E-state index contributed by atoms with van der Waals surface area (Å²) in [6.45, 7) is -0.402. The van der Waals surface area contributed by atoms with E-state index >= 15 is 0 Å². The number of nitrogens with zero attached hydrogens (tertiary/aromatic N) is 3. The molecule has 0 bridgehead atoms. The number of hydrogen-bond acceptors (Lipinski definition) is 8. The third-order valence-corrected chi connectivity index (χ3v) is 3.64. The molecule has 0 aromatic carbocycles. The lowest BCUT2D eigenvalue weighted by molar-refractivity contribution is -0.0518. The van der Waals surface area contributed by atoms with Crippen LogP contribution in [0.2, 0.25) is 0 Å². The quantitative estimate of drug-likeness (QED) is 0.330. The summed E-state index contributed by atoms with van der Waals surface area (Å²) in [4.78, 5) is 8.01. The minimum Gasteiger partial charge on any atom is -0.394 e. The molecule has 2 aliphatic heterocycles. The molecule has 0 amide bonds. The summed E-state index contributed by atoms with van der Waals surface area (Å²) < 4.78 is 6.89. The first-order chi connectivity index (χ1) is 9.52. The van der Waals surface area contributed by atoms with Gasteiger partial charge in [-0.25, -0.2) is 9.98 Å². The monoisotopic (exact) mass is 303 g/mol. The second kappa shape index (κ2) is 4.86. The van der Waals surface area contributed by atoms with E-state index in [9.17, 15) is 10.2 Å². The first-order valence-corrected chi connectivity index (χ1v) is 6.40. The minimum atomic E-state index is -1.21. The highest BCUT2D eigenvalue weighted by atomic mass is 35.5. The largest absolute Gasteiger partial charge is 0.394 e. The van der Waals surface area contributed by atoms with Gasteiger partial charge in [-0.2, -0.15) is 0 Å². The molecule has 0 aliphatic carbocycles.